The summed E-state index contributed by atoms with van der Waals surface area (Å²) in [6.45, 7) is 0.202. The van der Waals surface area contributed by atoms with E-state index in [1.54, 1.807) is 36.4 Å². The topological polar surface area (TPSA) is 59.9 Å². The maximum atomic E-state index is 11.9. The van der Waals surface area contributed by atoms with Crippen LogP contribution >= 0.6 is 27.5 Å². The van der Waals surface area contributed by atoms with Crippen LogP contribution in [-0.2, 0) is 0 Å². The summed E-state index contributed by atoms with van der Waals surface area (Å²) in [6.07, 6.45) is 1.52. The van der Waals surface area contributed by atoms with Gasteiger partial charge in [0.1, 0.15) is 0 Å². The van der Waals surface area contributed by atoms with Crippen LogP contribution in [0.25, 0.3) is 0 Å². The molecule has 112 valence electrons. The van der Waals surface area contributed by atoms with Crippen LogP contribution in [0.2, 0.25) is 5.02 Å². The van der Waals surface area contributed by atoms with Crippen molar-refractivity contribution >= 4 is 39.7 Å². The van der Waals surface area contributed by atoms with Gasteiger partial charge < -0.3 is 9.47 Å². The minimum absolute atomic E-state index is 0.202. The number of hydrazone groups is 1. The van der Waals surface area contributed by atoms with Crippen LogP contribution in [0.5, 0.6) is 11.5 Å². The number of halogens is 2. The fourth-order valence-electron chi connectivity index (χ4n) is 1.89. The van der Waals surface area contributed by atoms with E-state index in [1.807, 2.05) is 0 Å². The number of ether oxygens (including phenoxy) is 2. The van der Waals surface area contributed by atoms with Gasteiger partial charge in [-0.15, -0.1) is 0 Å². The summed E-state index contributed by atoms with van der Waals surface area (Å²) in [5.41, 5.74) is 3.65. The van der Waals surface area contributed by atoms with Crippen molar-refractivity contribution in [2.24, 2.45) is 5.10 Å². The normalized spacial score (nSPS) is 12.6. The average Bonchev–Trinajstić information content (AvgIpc) is 2.94. The monoisotopic (exact) mass is 380 g/mol. The standard InChI is InChI=1S/C15H10BrClN2O3/c16-12-6-14-13(21-8-22-14)5-10(12)7-18-19-15(20)9-2-1-3-11(17)4-9/h1-7H,8H2,(H,19,20)/b18-7+. The molecule has 1 N–H and O–H groups in total. The zero-order valence-electron chi connectivity index (χ0n) is 11.2. The minimum Gasteiger partial charge on any atom is -0.454 e. The van der Waals surface area contributed by atoms with Crippen LogP contribution in [-0.4, -0.2) is 18.9 Å². The minimum atomic E-state index is -0.337. The Kier molecular flexibility index (Phi) is 4.31. The van der Waals surface area contributed by atoms with Crippen molar-refractivity contribution in [1.29, 1.82) is 0 Å². The molecule has 5 nitrogen and oxygen atoms in total. The summed E-state index contributed by atoms with van der Waals surface area (Å²) in [5.74, 6) is 0.980. The molecule has 3 rings (SSSR count). The first-order valence-electron chi connectivity index (χ1n) is 6.31. The smallest absolute Gasteiger partial charge is 0.271 e. The number of benzene rings is 2. The predicted molar refractivity (Wildman–Crippen MR) is 86.8 cm³/mol. The number of nitrogens with one attached hydrogen (secondary N) is 1. The molecule has 1 aliphatic rings. The first-order chi connectivity index (χ1) is 10.6. The van der Waals surface area contributed by atoms with Gasteiger partial charge in [0.15, 0.2) is 11.5 Å². The number of nitrogens with zero attached hydrogens (tertiary/aromatic N) is 1. The molecule has 0 fully saturated rings. The van der Waals surface area contributed by atoms with Crippen LogP contribution in [0.4, 0.5) is 0 Å². The molecular weight excluding hydrogens is 372 g/mol. The van der Waals surface area contributed by atoms with Gasteiger partial charge >= 0.3 is 0 Å². The third-order valence-electron chi connectivity index (χ3n) is 2.95. The second kappa shape index (κ2) is 6.37. The lowest BCUT2D eigenvalue weighted by Gasteiger charge is -2.02. The molecule has 22 heavy (non-hydrogen) atoms. The van der Waals surface area contributed by atoms with Crippen molar-refractivity contribution in [3.8, 4) is 11.5 Å². The highest BCUT2D eigenvalue weighted by Crippen LogP contribution is 2.36. The molecule has 2 aromatic rings. The third-order valence-corrected chi connectivity index (χ3v) is 3.87. The number of rotatable bonds is 3. The van der Waals surface area contributed by atoms with E-state index in [2.05, 4.69) is 26.5 Å². The maximum Gasteiger partial charge on any atom is 0.271 e. The van der Waals surface area contributed by atoms with Gasteiger partial charge in [-0.25, -0.2) is 5.43 Å². The third kappa shape index (κ3) is 3.23. The summed E-state index contributed by atoms with van der Waals surface area (Å²) >= 11 is 9.26. The van der Waals surface area contributed by atoms with E-state index in [0.717, 1.165) is 10.0 Å². The molecular formula is C15H10BrClN2O3. The van der Waals surface area contributed by atoms with Crippen molar-refractivity contribution in [3.63, 3.8) is 0 Å². The van der Waals surface area contributed by atoms with Gasteiger partial charge in [0.2, 0.25) is 6.79 Å². The van der Waals surface area contributed by atoms with Crippen LogP contribution < -0.4 is 14.9 Å². The molecule has 0 radical (unpaired) electrons. The van der Waals surface area contributed by atoms with Crippen molar-refractivity contribution < 1.29 is 14.3 Å². The van der Waals surface area contributed by atoms with Crippen molar-refractivity contribution in [3.05, 3.63) is 57.0 Å². The van der Waals surface area contributed by atoms with E-state index >= 15 is 0 Å². The number of hydrogen-bond acceptors (Lipinski definition) is 4. The van der Waals surface area contributed by atoms with E-state index in [9.17, 15) is 4.79 Å². The van der Waals surface area contributed by atoms with Gasteiger partial charge in [0.05, 0.1) is 6.21 Å². The van der Waals surface area contributed by atoms with Crippen LogP contribution in [0.3, 0.4) is 0 Å². The Morgan fingerprint density at radius 2 is 2.05 bits per heavy atom. The lowest BCUT2D eigenvalue weighted by molar-refractivity contribution is 0.0955. The highest BCUT2D eigenvalue weighted by Gasteiger charge is 2.15. The zero-order chi connectivity index (χ0) is 15.5. The summed E-state index contributed by atoms with van der Waals surface area (Å²) in [5, 5.41) is 4.44. The first-order valence-corrected chi connectivity index (χ1v) is 7.49. The Hall–Kier alpha value is -2.05. The highest BCUT2D eigenvalue weighted by molar-refractivity contribution is 9.10. The fourth-order valence-corrected chi connectivity index (χ4v) is 2.50. The van der Waals surface area contributed by atoms with Crippen molar-refractivity contribution in [1.82, 2.24) is 5.43 Å². The molecule has 0 saturated carbocycles. The molecule has 0 aromatic heterocycles. The quantitative estimate of drug-likeness (QED) is 0.653. The van der Waals surface area contributed by atoms with E-state index < -0.39 is 0 Å². The lowest BCUT2D eigenvalue weighted by Crippen LogP contribution is -2.17. The lowest BCUT2D eigenvalue weighted by atomic mass is 10.2. The van der Waals surface area contributed by atoms with Gasteiger partial charge in [-0.3, -0.25) is 4.79 Å². The van der Waals surface area contributed by atoms with E-state index in [-0.39, 0.29) is 12.7 Å². The Balaban J connectivity index is 1.71. The van der Waals surface area contributed by atoms with Crippen molar-refractivity contribution in [2.45, 2.75) is 0 Å². The summed E-state index contributed by atoms with van der Waals surface area (Å²) in [7, 11) is 0. The first kappa shape index (κ1) is 14.9. The summed E-state index contributed by atoms with van der Waals surface area (Å²) in [4.78, 5) is 11.9. The number of amides is 1. The van der Waals surface area contributed by atoms with Crippen LogP contribution in [0, 0.1) is 0 Å². The molecule has 1 aliphatic heterocycles. The average molecular weight is 382 g/mol. The highest BCUT2D eigenvalue weighted by atomic mass is 79.9. The van der Waals surface area contributed by atoms with E-state index in [0.29, 0.717) is 22.1 Å². The van der Waals surface area contributed by atoms with Gasteiger partial charge in [0.25, 0.3) is 5.91 Å². The second-order valence-electron chi connectivity index (χ2n) is 4.44. The molecule has 0 unspecified atom stereocenters. The van der Waals surface area contributed by atoms with Crippen LogP contribution in [0.1, 0.15) is 15.9 Å². The van der Waals surface area contributed by atoms with E-state index in [1.165, 1.54) is 6.21 Å². The molecule has 0 bridgehead atoms. The SMILES string of the molecule is O=C(N/N=C/c1cc2c(cc1Br)OCO2)c1cccc(Cl)c1. The molecule has 1 heterocycles. The summed E-state index contributed by atoms with van der Waals surface area (Å²) in [6, 6.07) is 10.2. The van der Waals surface area contributed by atoms with Gasteiger partial charge in [0, 0.05) is 20.6 Å². The predicted octanol–water partition coefficient (Wildman–Crippen LogP) is 3.60. The Labute approximate surface area is 140 Å². The van der Waals surface area contributed by atoms with Crippen molar-refractivity contribution in [2.75, 3.05) is 6.79 Å². The number of carbonyl (C=O) groups is 1. The molecule has 0 aliphatic carbocycles. The molecule has 0 spiro atoms. The molecule has 0 atom stereocenters. The molecule has 2 aromatic carbocycles. The van der Waals surface area contributed by atoms with E-state index in [4.69, 9.17) is 21.1 Å². The number of carbonyl (C=O) groups excluding carboxylic acids is 1. The summed E-state index contributed by atoms with van der Waals surface area (Å²) < 4.78 is 11.4. The molecule has 1 amide bonds. The van der Waals surface area contributed by atoms with Gasteiger partial charge in [-0.05, 0) is 46.3 Å². The largest absolute Gasteiger partial charge is 0.454 e. The molecule has 0 saturated heterocycles. The van der Waals surface area contributed by atoms with Crippen LogP contribution in [0.15, 0.2) is 46.0 Å². The Morgan fingerprint density at radius 1 is 1.27 bits per heavy atom. The molecule has 7 heteroatoms. The maximum absolute atomic E-state index is 11.9. The number of fused-ring (bicyclic) bond motifs is 1. The zero-order valence-corrected chi connectivity index (χ0v) is 13.5. The fraction of sp³-hybridized carbons (Fsp3) is 0.0667. The Bertz CT molecular complexity index is 764. The second-order valence-corrected chi connectivity index (χ2v) is 5.73. The number of hydrogen-bond donors (Lipinski definition) is 1. The Morgan fingerprint density at radius 3 is 2.82 bits per heavy atom. The van der Waals surface area contributed by atoms with Gasteiger partial charge in [-0.2, -0.15) is 5.10 Å². The van der Waals surface area contributed by atoms with Gasteiger partial charge in [-0.1, -0.05) is 17.7 Å².